The van der Waals surface area contributed by atoms with E-state index in [1.165, 1.54) is 0 Å². The number of carbonyl (C=O) groups excluding carboxylic acids is 1. The van der Waals surface area contributed by atoms with Gasteiger partial charge in [0.15, 0.2) is 6.10 Å². The highest BCUT2D eigenvalue weighted by Gasteiger charge is 2.18. The molecule has 0 saturated carbocycles. The Morgan fingerprint density at radius 2 is 1.93 bits per heavy atom. The van der Waals surface area contributed by atoms with Crippen LogP contribution >= 0.6 is 35.0 Å². The molecule has 0 radical (unpaired) electrons. The van der Waals surface area contributed by atoms with E-state index in [9.17, 15) is 4.79 Å². The highest BCUT2D eigenvalue weighted by Crippen LogP contribution is 2.31. The third kappa shape index (κ3) is 5.90. The molecule has 6 nitrogen and oxygen atoms in total. The molecule has 3 rings (SSSR count). The van der Waals surface area contributed by atoms with E-state index in [0.29, 0.717) is 21.7 Å². The van der Waals surface area contributed by atoms with Crippen LogP contribution in [0.15, 0.2) is 52.1 Å². The Hall–Kier alpha value is -2.22. The maximum absolute atomic E-state index is 12.3. The zero-order chi connectivity index (χ0) is 21.7. The summed E-state index contributed by atoms with van der Waals surface area (Å²) in [6.07, 6.45) is -0.516. The van der Waals surface area contributed by atoms with Crippen LogP contribution in [0.25, 0.3) is 0 Å². The van der Waals surface area contributed by atoms with Crippen LogP contribution in [0.4, 0.5) is 5.69 Å². The Morgan fingerprint density at radius 1 is 1.17 bits per heavy atom. The fraction of sp³-hybridized carbons (Fsp3) is 0.286. The molecule has 9 heteroatoms. The van der Waals surface area contributed by atoms with Crippen LogP contribution in [-0.2, 0) is 4.79 Å². The van der Waals surface area contributed by atoms with Gasteiger partial charge in [0.25, 0.3) is 11.1 Å². The number of benzene rings is 2. The summed E-state index contributed by atoms with van der Waals surface area (Å²) < 4.78 is 11.4. The van der Waals surface area contributed by atoms with E-state index in [1.807, 2.05) is 24.3 Å². The lowest BCUT2D eigenvalue weighted by molar-refractivity contribution is -0.113. The fourth-order valence-electron chi connectivity index (χ4n) is 2.68. The average molecular weight is 466 g/mol. The summed E-state index contributed by atoms with van der Waals surface area (Å²) in [7, 11) is 0. The van der Waals surface area contributed by atoms with Crippen LogP contribution in [0, 0.1) is 0 Å². The Bertz CT molecular complexity index is 1030. The molecule has 0 aliphatic carbocycles. The highest BCUT2D eigenvalue weighted by atomic mass is 35.5. The minimum atomic E-state index is -0.516. The largest absolute Gasteiger partial charge is 0.479 e. The third-order valence-electron chi connectivity index (χ3n) is 4.15. The number of thioether (sulfide) groups is 1. The molecule has 1 N–H and O–H groups in total. The molecule has 0 bridgehead atoms. The summed E-state index contributed by atoms with van der Waals surface area (Å²) in [6.45, 7) is 5.93. The number of aromatic nitrogens is 2. The molecule has 0 fully saturated rings. The molecule has 0 aliphatic rings. The number of nitrogens with zero attached hydrogens (tertiary/aromatic N) is 2. The van der Waals surface area contributed by atoms with Crippen molar-refractivity contribution in [2.75, 3.05) is 11.1 Å². The van der Waals surface area contributed by atoms with Gasteiger partial charge in [-0.15, -0.1) is 10.2 Å². The van der Waals surface area contributed by atoms with Gasteiger partial charge in [-0.25, -0.2) is 0 Å². The summed E-state index contributed by atoms with van der Waals surface area (Å²) in [6, 6.07) is 12.7. The van der Waals surface area contributed by atoms with E-state index in [4.69, 9.17) is 32.4 Å². The van der Waals surface area contributed by atoms with Gasteiger partial charge in [-0.3, -0.25) is 4.79 Å². The Labute approximate surface area is 189 Å². The molecule has 3 aromatic rings. The quantitative estimate of drug-likeness (QED) is 0.389. The van der Waals surface area contributed by atoms with Crippen molar-refractivity contribution in [1.82, 2.24) is 10.2 Å². The van der Waals surface area contributed by atoms with Crippen LogP contribution in [0.5, 0.6) is 5.75 Å². The van der Waals surface area contributed by atoms with Gasteiger partial charge in [-0.2, -0.15) is 0 Å². The SMILES string of the molecule is CC(C)c1ccccc1NC(=O)CSc1nnc([C@@H](C)Oc2ccc(Cl)cc2Cl)o1. The van der Waals surface area contributed by atoms with Gasteiger partial charge in [0.05, 0.1) is 10.8 Å². The third-order valence-corrected chi connectivity index (χ3v) is 5.50. The van der Waals surface area contributed by atoms with E-state index in [0.717, 1.165) is 23.0 Å². The van der Waals surface area contributed by atoms with E-state index in [-0.39, 0.29) is 22.8 Å². The van der Waals surface area contributed by atoms with Crippen molar-refractivity contribution in [2.45, 2.75) is 38.0 Å². The predicted molar refractivity (Wildman–Crippen MR) is 120 cm³/mol. The zero-order valence-corrected chi connectivity index (χ0v) is 19.0. The van der Waals surface area contributed by atoms with Gasteiger partial charge in [-0.05, 0) is 42.7 Å². The Kier molecular flexibility index (Phi) is 7.64. The second-order valence-electron chi connectivity index (χ2n) is 6.82. The molecule has 158 valence electrons. The first kappa shape index (κ1) is 22.5. The molecule has 1 amide bonds. The van der Waals surface area contributed by atoms with Crippen LogP contribution < -0.4 is 10.1 Å². The molecule has 1 heterocycles. The van der Waals surface area contributed by atoms with Crippen molar-refractivity contribution in [2.24, 2.45) is 0 Å². The summed E-state index contributed by atoms with van der Waals surface area (Å²) in [4.78, 5) is 12.3. The smallest absolute Gasteiger partial charge is 0.277 e. The van der Waals surface area contributed by atoms with E-state index >= 15 is 0 Å². The number of hydrogen-bond acceptors (Lipinski definition) is 6. The maximum Gasteiger partial charge on any atom is 0.277 e. The van der Waals surface area contributed by atoms with Crippen molar-refractivity contribution in [3.05, 3.63) is 64.0 Å². The summed E-state index contributed by atoms with van der Waals surface area (Å²) >= 11 is 13.2. The second kappa shape index (κ2) is 10.2. The summed E-state index contributed by atoms with van der Waals surface area (Å²) in [5.74, 6) is 1.05. The molecule has 0 unspecified atom stereocenters. The van der Waals surface area contributed by atoms with Crippen molar-refractivity contribution in [3.8, 4) is 5.75 Å². The first-order valence-corrected chi connectivity index (χ1v) is 11.0. The van der Waals surface area contributed by atoms with Crippen LogP contribution in [0.3, 0.4) is 0 Å². The lowest BCUT2D eigenvalue weighted by Gasteiger charge is -2.13. The molecule has 1 atom stereocenters. The molecular formula is C21H21Cl2N3O3S. The standard InChI is InChI=1S/C21H21Cl2N3O3S/c1-12(2)15-6-4-5-7-17(15)24-19(27)11-30-21-26-25-20(29-21)13(3)28-18-9-8-14(22)10-16(18)23/h4-10,12-13H,11H2,1-3H3,(H,24,27)/t13-/m1/s1. The van der Waals surface area contributed by atoms with Gasteiger partial charge >= 0.3 is 0 Å². The Morgan fingerprint density at radius 3 is 2.67 bits per heavy atom. The topological polar surface area (TPSA) is 77.2 Å². The number of halogens is 2. The monoisotopic (exact) mass is 465 g/mol. The predicted octanol–water partition coefficient (Wildman–Crippen LogP) is 6.37. The van der Waals surface area contributed by atoms with Gasteiger partial charge in [0.1, 0.15) is 5.75 Å². The fourth-order valence-corrected chi connectivity index (χ4v) is 3.71. The van der Waals surface area contributed by atoms with Gasteiger partial charge in [0.2, 0.25) is 5.91 Å². The number of para-hydroxylation sites is 1. The number of hydrogen-bond donors (Lipinski definition) is 1. The lowest BCUT2D eigenvalue weighted by atomic mass is 10.0. The molecular weight excluding hydrogens is 445 g/mol. The average Bonchev–Trinajstić information content (AvgIpc) is 3.18. The molecule has 0 saturated heterocycles. The lowest BCUT2D eigenvalue weighted by Crippen LogP contribution is -2.15. The van der Waals surface area contributed by atoms with Crippen molar-refractivity contribution in [1.29, 1.82) is 0 Å². The minimum absolute atomic E-state index is 0.145. The molecule has 1 aromatic heterocycles. The van der Waals surface area contributed by atoms with Crippen molar-refractivity contribution in [3.63, 3.8) is 0 Å². The van der Waals surface area contributed by atoms with E-state index in [2.05, 4.69) is 29.4 Å². The Balaban J connectivity index is 1.56. The molecule has 0 spiro atoms. The summed E-state index contributed by atoms with van der Waals surface area (Å²) in [5, 5.41) is 12.1. The second-order valence-corrected chi connectivity index (χ2v) is 8.59. The highest BCUT2D eigenvalue weighted by molar-refractivity contribution is 7.99. The number of amides is 1. The maximum atomic E-state index is 12.3. The van der Waals surface area contributed by atoms with E-state index < -0.39 is 6.10 Å². The molecule has 2 aromatic carbocycles. The number of rotatable bonds is 8. The first-order chi connectivity index (χ1) is 14.3. The summed E-state index contributed by atoms with van der Waals surface area (Å²) in [5.41, 5.74) is 1.90. The van der Waals surface area contributed by atoms with Gasteiger partial charge in [-0.1, -0.05) is 67.0 Å². The van der Waals surface area contributed by atoms with Gasteiger partial charge < -0.3 is 14.5 Å². The van der Waals surface area contributed by atoms with Crippen molar-refractivity contribution >= 4 is 46.6 Å². The molecule has 30 heavy (non-hydrogen) atoms. The number of carbonyl (C=O) groups is 1. The van der Waals surface area contributed by atoms with E-state index in [1.54, 1.807) is 25.1 Å². The number of ether oxygens (including phenoxy) is 1. The van der Waals surface area contributed by atoms with Gasteiger partial charge in [0, 0.05) is 10.7 Å². The van der Waals surface area contributed by atoms with Crippen LogP contribution in [0.2, 0.25) is 10.0 Å². The number of nitrogens with one attached hydrogen (secondary N) is 1. The normalized spacial score (nSPS) is 12.1. The molecule has 0 aliphatic heterocycles. The number of anilines is 1. The van der Waals surface area contributed by atoms with Crippen LogP contribution in [0.1, 0.15) is 44.2 Å². The minimum Gasteiger partial charge on any atom is -0.479 e. The van der Waals surface area contributed by atoms with Crippen LogP contribution in [-0.4, -0.2) is 21.9 Å². The zero-order valence-electron chi connectivity index (χ0n) is 16.7. The van der Waals surface area contributed by atoms with Crippen molar-refractivity contribution < 1.29 is 13.9 Å². The first-order valence-electron chi connectivity index (χ1n) is 9.30.